The van der Waals surface area contributed by atoms with Crippen LogP contribution < -0.4 is 5.32 Å². The predicted molar refractivity (Wildman–Crippen MR) is 56.9 cm³/mol. The normalized spacial score (nSPS) is 10.5. The van der Waals surface area contributed by atoms with E-state index in [4.69, 9.17) is 0 Å². The number of amides is 1. The summed E-state index contributed by atoms with van der Waals surface area (Å²) in [5, 5.41) is 16.9. The first-order valence-electron chi connectivity index (χ1n) is 4.88. The summed E-state index contributed by atoms with van der Waals surface area (Å²) >= 11 is 0. The van der Waals surface area contributed by atoms with E-state index >= 15 is 0 Å². The van der Waals surface area contributed by atoms with Crippen molar-refractivity contribution in [3.05, 3.63) is 21.9 Å². The average molecular weight is 226 g/mol. The van der Waals surface area contributed by atoms with Gasteiger partial charge in [0.1, 0.15) is 6.54 Å². The minimum Gasteiger partial charge on any atom is -0.358 e. The van der Waals surface area contributed by atoms with Gasteiger partial charge in [0.25, 0.3) is 0 Å². The summed E-state index contributed by atoms with van der Waals surface area (Å²) in [6, 6.07) is 1.38. The second-order valence-corrected chi connectivity index (χ2v) is 3.78. The van der Waals surface area contributed by atoms with Gasteiger partial charge in [-0.05, 0) is 25.7 Å². The number of hydrogen-bond acceptors (Lipinski definition) is 4. The van der Waals surface area contributed by atoms with Crippen molar-refractivity contribution in [2.45, 2.75) is 33.4 Å². The number of nitrogens with zero attached hydrogens (tertiary/aromatic N) is 3. The fourth-order valence-corrected chi connectivity index (χ4v) is 1.25. The number of hydrogen-bond donors (Lipinski definition) is 1. The van der Waals surface area contributed by atoms with E-state index in [0.717, 1.165) is 0 Å². The number of carbonyl (C=O) groups excluding carboxylic acids is 1. The lowest BCUT2D eigenvalue weighted by Gasteiger charge is -2.06. The Bertz CT molecular complexity index is 411. The fraction of sp³-hybridized carbons (Fsp3) is 0.556. The monoisotopic (exact) mass is 226 g/mol. The molecule has 88 valence electrons. The lowest BCUT2D eigenvalue weighted by Crippen LogP contribution is -2.33. The van der Waals surface area contributed by atoms with Crippen LogP contribution in [0.4, 0.5) is 5.82 Å². The van der Waals surface area contributed by atoms with Crippen molar-refractivity contribution in [1.29, 1.82) is 0 Å². The topological polar surface area (TPSA) is 90.1 Å². The zero-order valence-electron chi connectivity index (χ0n) is 9.43. The van der Waals surface area contributed by atoms with Crippen LogP contribution in [0.1, 0.15) is 19.5 Å². The van der Waals surface area contributed by atoms with Crippen LogP contribution in [0, 0.1) is 17.0 Å². The summed E-state index contributed by atoms with van der Waals surface area (Å²) in [6.45, 7) is 5.35. The SMILES string of the molecule is Cc1cc([N+](=O)[O-])nn1CC(=O)NC(C)C. The van der Waals surface area contributed by atoms with Gasteiger partial charge >= 0.3 is 5.82 Å². The van der Waals surface area contributed by atoms with Crippen molar-refractivity contribution in [3.8, 4) is 0 Å². The molecule has 0 spiro atoms. The molecule has 0 radical (unpaired) electrons. The van der Waals surface area contributed by atoms with E-state index in [1.165, 1.54) is 10.7 Å². The molecule has 1 N–H and O–H groups in total. The van der Waals surface area contributed by atoms with E-state index in [0.29, 0.717) is 5.69 Å². The van der Waals surface area contributed by atoms with Crippen LogP contribution >= 0.6 is 0 Å². The molecule has 16 heavy (non-hydrogen) atoms. The fourth-order valence-electron chi connectivity index (χ4n) is 1.25. The van der Waals surface area contributed by atoms with Gasteiger partial charge in [-0.25, -0.2) is 0 Å². The largest absolute Gasteiger partial charge is 0.390 e. The first kappa shape index (κ1) is 12.2. The number of aromatic nitrogens is 2. The van der Waals surface area contributed by atoms with Gasteiger partial charge in [-0.3, -0.25) is 4.79 Å². The highest BCUT2D eigenvalue weighted by atomic mass is 16.6. The quantitative estimate of drug-likeness (QED) is 0.602. The third kappa shape index (κ3) is 3.04. The third-order valence-electron chi connectivity index (χ3n) is 1.90. The van der Waals surface area contributed by atoms with Gasteiger partial charge in [-0.1, -0.05) is 0 Å². The van der Waals surface area contributed by atoms with Crippen LogP contribution in [0.25, 0.3) is 0 Å². The molecule has 7 heteroatoms. The number of rotatable bonds is 4. The smallest absolute Gasteiger partial charge is 0.358 e. The van der Waals surface area contributed by atoms with Crippen LogP contribution in [0.3, 0.4) is 0 Å². The van der Waals surface area contributed by atoms with E-state index in [9.17, 15) is 14.9 Å². The Kier molecular flexibility index (Phi) is 3.60. The van der Waals surface area contributed by atoms with Crippen molar-refractivity contribution >= 4 is 11.7 Å². The Balaban J connectivity index is 2.74. The Morgan fingerprint density at radius 1 is 1.69 bits per heavy atom. The van der Waals surface area contributed by atoms with Crippen molar-refractivity contribution in [2.24, 2.45) is 0 Å². The zero-order valence-corrected chi connectivity index (χ0v) is 9.43. The molecule has 0 aliphatic heterocycles. The van der Waals surface area contributed by atoms with Crippen LogP contribution in [0.15, 0.2) is 6.07 Å². The van der Waals surface area contributed by atoms with Crippen molar-refractivity contribution in [3.63, 3.8) is 0 Å². The highest BCUT2D eigenvalue weighted by Crippen LogP contribution is 2.10. The van der Waals surface area contributed by atoms with E-state index in [1.54, 1.807) is 6.92 Å². The van der Waals surface area contributed by atoms with Crippen LogP contribution in [0.2, 0.25) is 0 Å². The zero-order chi connectivity index (χ0) is 12.3. The van der Waals surface area contributed by atoms with Gasteiger partial charge in [-0.15, -0.1) is 0 Å². The maximum absolute atomic E-state index is 11.4. The van der Waals surface area contributed by atoms with Gasteiger partial charge in [0.05, 0.1) is 16.9 Å². The second-order valence-electron chi connectivity index (χ2n) is 3.78. The maximum Gasteiger partial charge on any atom is 0.390 e. The van der Waals surface area contributed by atoms with Gasteiger partial charge in [-0.2, -0.15) is 4.68 Å². The molecule has 0 aromatic carbocycles. The number of nitro groups is 1. The Morgan fingerprint density at radius 3 is 2.75 bits per heavy atom. The summed E-state index contributed by atoms with van der Waals surface area (Å²) in [5.41, 5.74) is 0.589. The summed E-state index contributed by atoms with van der Waals surface area (Å²) < 4.78 is 1.32. The molecule has 0 aliphatic carbocycles. The van der Waals surface area contributed by atoms with Gasteiger partial charge < -0.3 is 15.4 Å². The molecule has 1 rings (SSSR count). The first-order valence-corrected chi connectivity index (χ1v) is 4.88. The Hall–Kier alpha value is -1.92. The summed E-state index contributed by atoms with van der Waals surface area (Å²) in [4.78, 5) is 21.3. The standard InChI is InChI=1S/C9H14N4O3/c1-6(2)10-9(14)5-12-7(3)4-8(11-12)13(15)16/h4,6H,5H2,1-3H3,(H,10,14). The van der Waals surface area contributed by atoms with Crippen molar-refractivity contribution in [1.82, 2.24) is 15.1 Å². The second kappa shape index (κ2) is 4.73. The van der Waals surface area contributed by atoms with Gasteiger partial charge in [0, 0.05) is 6.04 Å². The molecule has 1 heterocycles. The van der Waals surface area contributed by atoms with Crippen LogP contribution in [-0.4, -0.2) is 26.7 Å². The van der Waals surface area contributed by atoms with E-state index in [2.05, 4.69) is 10.4 Å². The lowest BCUT2D eigenvalue weighted by molar-refractivity contribution is -0.389. The van der Waals surface area contributed by atoms with Crippen LogP contribution in [0.5, 0.6) is 0 Å². The maximum atomic E-state index is 11.4. The lowest BCUT2D eigenvalue weighted by atomic mass is 10.4. The molecule has 0 bridgehead atoms. The molecule has 0 unspecified atom stereocenters. The van der Waals surface area contributed by atoms with Crippen molar-refractivity contribution < 1.29 is 9.72 Å². The predicted octanol–water partition coefficient (Wildman–Crippen LogP) is 0.624. The first-order chi connectivity index (χ1) is 7.40. The third-order valence-corrected chi connectivity index (χ3v) is 1.90. The van der Waals surface area contributed by atoms with Crippen molar-refractivity contribution in [2.75, 3.05) is 0 Å². The highest BCUT2D eigenvalue weighted by Gasteiger charge is 2.17. The molecule has 7 nitrogen and oxygen atoms in total. The number of nitrogens with one attached hydrogen (secondary N) is 1. The molecule has 0 saturated carbocycles. The molecule has 1 aromatic rings. The minimum absolute atomic E-state index is 0.00213. The Morgan fingerprint density at radius 2 is 2.31 bits per heavy atom. The summed E-state index contributed by atoms with van der Waals surface area (Å²) in [7, 11) is 0. The highest BCUT2D eigenvalue weighted by molar-refractivity contribution is 5.75. The summed E-state index contributed by atoms with van der Waals surface area (Å²) in [6.07, 6.45) is 0. The molecule has 0 aliphatic rings. The number of aryl methyl sites for hydroxylation is 1. The molecule has 0 fully saturated rings. The van der Waals surface area contributed by atoms with Gasteiger partial charge in [0.2, 0.25) is 5.91 Å². The van der Waals surface area contributed by atoms with E-state index in [1.807, 2.05) is 13.8 Å². The molecular weight excluding hydrogens is 212 g/mol. The molecule has 0 saturated heterocycles. The molecule has 0 atom stereocenters. The Labute approximate surface area is 92.6 Å². The summed E-state index contributed by atoms with van der Waals surface area (Å²) in [5.74, 6) is -0.453. The van der Waals surface area contributed by atoms with Crippen LogP contribution in [-0.2, 0) is 11.3 Å². The average Bonchev–Trinajstić information content (AvgIpc) is 2.46. The number of carbonyl (C=O) groups is 1. The molecule has 1 aromatic heterocycles. The van der Waals surface area contributed by atoms with E-state index in [-0.39, 0.29) is 24.3 Å². The van der Waals surface area contributed by atoms with E-state index < -0.39 is 4.92 Å². The molecular formula is C9H14N4O3. The van der Waals surface area contributed by atoms with Gasteiger partial charge in [0.15, 0.2) is 0 Å². The minimum atomic E-state index is -0.580. The molecule has 1 amide bonds.